The minimum atomic E-state index is 0.424. The molecule has 22 heavy (non-hydrogen) atoms. The highest BCUT2D eigenvalue weighted by molar-refractivity contribution is 5.82. The monoisotopic (exact) mass is 299 g/mol. The molecule has 0 atom stereocenters. The summed E-state index contributed by atoms with van der Waals surface area (Å²) in [5.74, 6) is 1.51. The maximum atomic E-state index is 8.61. The van der Waals surface area contributed by atoms with Crippen LogP contribution in [0.4, 0.5) is 0 Å². The minimum absolute atomic E-state index is 0.424. The molecule has 0 saturated carbocycles. The van der Waals surface area contributed by atoms with E-state index in [2.05, 4.69) is 24.2 Å². The summed E-state index contributed by atoms with van der Waals surface area (Å²) in [4.78, 5) is 0. The fourth-order valence-corrected chi connectivity index (χ4v) is 2.13. The Morgan fingerprint density at radius 1 is 1.00 bits per heavy atom. The highest BCUT2D eigenvalue weighted by Crippen LogP contribution is 2.16. The Labute approximate surface area is 131 Å². The summed E-state index contributed by atoms with van der Waals surface area (Å²) >= 11 is 0. The van der Waals surface area contributed by atoms with Crippen LogP contribution in [-0.4, -0.2) is 24.6 Å². The van der Waals surface area contributed by atoms with Crippen LogP contribution in [0.3, 0.4) is 0 Å². The van der Waals surface area contributed by atoms with E-state index >= 15 is 0 Å². The molecule has 0 saturated heterocycles. The molecule has 0 bridgehead atoms. The van der Waals surface area contributed by atoms with Crippen molar-refractivity contribution < 1.29 is 14.7 Å². The van der Waals surface area contributed by atoms with E-state index in [1.807, 2.05) is 36.4 Å². The number of rotatable bonds is 8. The number of hydrogen-bond acceptors (Lipinski definition) is 4. The molecular weight excluding hydrogens is 278 g/mol. The molecule has 0 unspecified atom stereocenters. The van der Waals surface area contributed by atoms with Gasteiger partial charge in [0.25, 0.3) is 0 Å². The van der Waals surface area contributed by atoms with Gasteiger partial charge in [0, 0.05) is 5.56 Å². The van der Waals surface area contributed by atoms with Crippen molar-refractivity contribution in [2.45, 2.75) is 19.8 Å². The first kappa shape index (κ1) is 15.9. The predicted octanol–water partition coefficient (Wildman–Crippen LogP) is 3.91. The van der Waals surface area contributed by atoms with E-state index < -0.39 is 0 Å². The lowest BCUT2D eigenvalue weighted by molar-refractivity contribution is 0.217. The van der Waals surface area contributed by atoms with Crippen molar-refractivity contribution in [3.63, 3.8) is 0 Å². The molecule has 0 radical (unpaired) electrons. The number of oxime groups is 1. The summed E-state index contributed by atoms with van der Waals surface area (Å²) < 4.78 is 11.3. The summed E-state index contributed by atoms with van der Waals surface area (Å²) in [6.07, 6.45) is 3.58. The van der Waals surface area contributed by atoms with E-state index in [1.54, 1.807) is 0 Å². The number of benzene rings is 2. The van der Waals surface area contributed by atoms with E-state index in [-0.39, 0.29) is 0 Å². The van der Waals surface area contributed by atoms with Gasteiger partial charge in [-0.3, -0.25) is 0 Å². The highest BCUT2D eigenvalue weighted by Gasteiger charge is 2.01. The Hall–Kier alpha value is -2.49. The zero-order valence-electron chi connectivity index (χ0n) is 12.7. The molecule has 1 N–H and O–H groups in total. The second kappa shape index (κ2) is 8.72. The van der Waals surface area contributed by atoms with Crippen molar-refractivity contribution >= 4 is 6.21 Å². The Kier molecular flexibility index (Phi) is 6.30. The second-order valence-electron chi connectivity index (χ2n) is 4.87. The van der Waals surface area contributed by atoms with Gasteiger partial charge in [0.05, 0.1) is 6.21 Å². The fraction of sp³-hybridized carbons (Fsp3) is 0.278. The van der Waals surface area contributed by atoms with Crippen molar-refractivity contribution in [3.05, 3.63) is 59.7 Å². The summed E-state index contributed by atoms with van der Waals surface area (Å²) in [5.41, 5.74) is 2.05. The number of nitrogens with zero attached hydrogens (tertiary/aromatic N) is 1. The molecule has 0 aliphatic heterocycles. The second-order valence-corrected chi connectivity index (χ2v) is 4.87. The SMILES string of the molecule is CCCc1ccc(OCCOc2ccccc2C=NO)cc1. The minimum Gasteiger partial charge on any atom is -0.490 e. The van der Waals surface area contributed by atoms with Crippen LogP contribution >= 0.6 is 0 Å². The van der Waals surface area contributed by atoms with E-state index in [0.29, 0.717) is 19.0 Å². The predicted molar refractivity (Wildman–Crippen MR) is 87.2 cm³/mol. The quantitative estimate of drug-likeness (QED) is 0.348. The first-order chi connectivity index (χ1) is 10.8. The van der Waals surface area contributed by atoms with Gasteiger partial charge in [0.15, 0.2) is 0 Å². The van der Waals surface area contributed by atoms with Crippen LogP contribution < -0.4 is 9.47 Å². The number of hydrogen-bond donors (Lipinski definition) is 1. The van der Waals surface area contributed by atoms with Gasteiger partial charge in [-0.15, -0.1) is 0 Å². The molecular formula is C18H21NO3. The van der Waals surface area contributed by atoms with Gasteiger partial charge >= 0.3 is 0 Å². The third kappa shape index (κ3) is 4.81. The standard InChI is InChI=1S/C18H21NO3/c1-2-5-15-8-10-17(11-9-15)21-12-13-22-18-7-4-3-6-16(18)14-19-20/h3-4,6-11,14,20H,2,5,12-13H2,1H3. The maximum absolute atomic E-state index is 8.61. The molecule has 0 aromatic heterocycles. The molecule has 0 amide bonds. The topological polar surface area (TPSA) is 51.0 Å². The lowest BCUT2D eigenvalue weighted by atomic mass is 10.1. The van der Waals surface area contributed by atoms with Gasteiger partial charge in [0.1, 0.15) is 24.7 Å². The molecule has 0 fully saturated rings. The van der Waals surface area contributed by atoms with Crippen LogP contribution in [-0.2, 0) is 6.42 Å². The smallest absolute Gasteiger partial charge is 0.128 e. The van der Waals surface area contributed by atoms with Crippen molar-refractivity contribution in [1.29, 1.82) is 0 Å². The van der Waals surface area contributed by atoms with Gasteiger partial charge in [0.2, 0.25) is 0 Å². The van der Waals surface area contributed by atoms with Crippen LogP contribution in [0.25, 0.3) is 0 Å². The van der Waals surface area contributed by atoms with E-state index in [9.17, 15) is 0 Å². The molecule has 116 valence electrons. The summed E-state index contributed by atoms with van der Waals surface area (Å²) in [6, 6.07) is 15.5. The van der Waals surface area contributed by atoms with Crippen LogP contribution in [0.15, 0.2) is 53.7 Å². The van der Waals surface area contributed by atoms with E-state index in [1.165, 1.54) is 11.8 Å². The van der Waals surface area contributed by atoms with Gasteiger partial charge < -0.3 is 14.7 Å². The zero-order valence-corrected chi connectivity index (χ0v) is 12.7. The van der Waals surface area contributed by atoms with Crippen molar-refractivity contribution in [1.82, 2.24) is 0 Å². The molecule has 2 rings (SSSR count). The van der Waals surface area contributed by atoms with Crippen molar-refractivity contribution in [2.75, 3.05) is 13.2 Å². The third-order valence-electron chi connectivity index (χ3n) is 3.19. The first-order valence-electron chi connectivity index (χ1n) is 7.44. The lowest BCUT2D eigenvalue weighted by Crippen LogP contribution is -2.10. The average molecular weight is 299 g/mol. The fourth-order valence-electron chi connectivity index (χ4n) is 2.13. The van der Waals surface area contributed by atoms with Crippen molar-refractivity contribution in [3.8, 4) is 11.5 Å². The molecule has 4 heteroatoms. The van der Waals surface area contributed by atoms with E-state index in [0.717, 1.165) is 24.2 Å². The average Bonchev–Trinajstić information content (AvgIpc) is 2.55. The summed E-state index contributed by atoms with van der Waals surface area (Å²) in [5, 5.41) is 11.6. The molecule has 4 nitrogen and oxygen atoms in total. The molecule has 2 aromatic rings. The molecule has 0 aliphatic carbocycles. The Morgan fingerprint density at radius 3 is 2.45 bits per heavy atom. The van der Waals surface area contributed by atoms with Crippen LogP contribution in [0.2, 0.25) is 0 Å². The van der Waals surface area contributed by atoms with Crippen molar-refractivity contribution in [2.24, 2.45) is 5.16 Å². The zero-order chi connectivity index (χ0) is 15.6. The van der Waals surface area contributed by atoms with Crippen LogP contribution in [0.1, 0.15) is 24.5 Å². The van der Waals surface area contributed by atoms with Crippen LogP contribution in [0.5, 0.6) is 11.5 Å². The maximum Gasteiger partial charge on any atom is 0.128 e. The van der Waals surface area contributed by atoms with Gasteiger partial charge in [-0.1, -0.05) is 42.8 Å². The third-order valence-corrected chi connectivity index (χ3v) is 3.19. The van der Waals surface area contributed by atoms with Gasteiger partial charge in [-0.05, 0) is 36.2 Å². The highest BCUT2D eigenvalue weighted by atomic mass is 16.5. The summed E-state index contributed by atoms with van der Waals surface area (Å²) in [6.45, 7) is 3.05. The number of para-hydroxylation sites is 1. The molecule has 0 heterocycles. The van der Waals surface area contributed by atoms with E-state index in [4.69, 9.17) is 14.7 Å². The number of ether oxygens (including phenoxy) is 2. The molecule has 2 aromatic carbocycles. The van der Waals surface area contributed by atoms with Gasteiger partial charge in [-0.2, -0.15) is 0 Å². The van der Waals surface area contributed by atoms with Gasteiger partial charge in [-0.25, -0.2) is 0 Å². The molecule has 0 spiro atoms. The Bertz CT molecular complexity index is 594. The Morgan fingerprint density at radius 2 is 1.73 bits per heavy atom. The summed E-state index contributed by atoms with van der Waals surface area (Å²) in [7, 11) is 0. The Balaban J connectivity index is 1.79. The van der Waals surface area contributed by atoms with Crippen LogP contribution in [0, 0.1) is 0 Å². The normalized spacial score (nSPS) is 10.8. The number of aryl methyl sites for hydroxylation is 1. The molecule has 0 aliphatic rings. The lowest BCUT2D eigenvalue weighted by Gasteiger charge is -2.10. The first-order valence-corrected chi connectivity index (χ1v) is 7.44. The largest absolute Gasteiger partial charge is 0.490 e.